The summed E-state index contributed by atoms with van der Waals surface area (Å²) in [5.41, 5.74) is 4.39. The van der Waals surface area contributed by atoms with Crippen LogP contribution in [0.3, 0.4) is 0 Å². The highest BCUT2D eigenvalue weighted by Gasteiger charge is 2.21. The van der Waals surface area contributed by atoms with Gasteiger partial charge in [0.1, 0.15) is 0 Å². The number of rotatable bonds is 5. The number of hydrogen-bond acceptors (Lipinski definition) is 2. The van der Waals surface area contributed by atoms with Crippen molar-refractivity contribution in [1.82, 2.24) is 10.2 Å². The van der Waals surface area contributed by atoms with Gasteiger partial charge in [-0.05, 0) is 23.2 Å². The van der Waals surface area contributed by atoms with Gasteiger partial charge in [0.15, 0.2) is 0 Å². The van der Waals surface area contributed by atoms with Gasteiger partial charge in [-0.25, -0.2) is 0 Å². The molecule has 0 fully saturated rings. The molecule has 1 heterocycles. The molecule has 2 nitrogen and oxygen atoms in total. The fourth-order valence-electron chi connectivity index (χ4n) is 3.21. The SMILES string of the molecule is CCN(Cc1ccccc1)CC1CNCc2ccccc21. The van der Waals surface area contributed by atoms with E-state index in [1.165, 1.54) is 16.7 Å². The van der Waals surface area contributed by atoms with Crippen LogP contribution < -0.4 is 5.32 Å². The van der Waals surface area contributed by atoms with Crippen molar-refractivity contribution < 1.29 is 0 Å². The topological polar surface area (TPSA) is 15.3 Å². The van der Waals surface area contributed by atoms with Gasteiger partial charge in [0.05, 0.1) is 0 Å². The Hall–Kier alpha value is -1.64. The molecule has 0 amide bonds. The molecular weight excluding hydrogens is 256 g/mol. The van der Waals surface area contributed by atoms with Crippen LogP contribution in [0.4, 0.5) is 0 Å². The van der Waals surface area contributed by atoms with Crippen LogP contribution in [0.2, 0.25) is 0 Å². The van der Waals surface area contributed by atoms with Crippen molar-refractivity contribution in [3.63, 3.8) is 0 Å². The molecule has 0 bridgehead atoms. The normalized spacial score (nSPS) is 17.7. The number of hydrogen-bond donors (Lipinski definition) is 1. The van der Waals surface area contributed by atoms with E-state index < -0.39 is 0 Å². The van der Waals surface area contributed by atoms with Gasteiger partial charge in [-0.3, -0.25) is 4.90 Å². The van der Waals surface area contributed by atoms with Crippen LogP contribution in [0.25, 0.3) is 0 Å². The van der Waals surface area contributed by atoms with E-state index in [2.05, 4.69) is 71.7 Å². The molecule has 2 aromatic carbocycles. The minimum Gasteiger partial charge on any atom is -0.312 e. The zero-order valence-electron chi connectivity index (χ0n) is 12.8. The molecule has 0 saturated carbocycles. The highest BCUT2D eigenvalue weighted by atomic mass is 15.1. The molecule has 2 aromatic rings. The van der Waals surface area contributed by atoms with Crippen LogP contribution in [0, 0.1) is 0 Å². The van der Waals surface area contributed by atoms with Gasteiger partial charge in [0, 0.05) is 32.1 Å². The van der Waals surface area contributed by atoms with Gasteiger partial charge < -0.3 is 5.32 Å². The summed E-state index contributed by atoms with van der Waals surface area (Å²) in [4.78, 5) is 2.55. The first-order chi connectivity index (χ1) is 10.4. The summed E-state index contributed by atoms with van der Waals surface area (Å²) < 4.78 is 0. The van der Waals surface area contributed by atoms with Crippen LogP contribution >= 0.6 is 0 Å². The zero-order chi connectivity index (χ0) is 14.5. The van der Waals surface area contributed by atoms with Crippen molar-refractivity contribution in [3.8, 4) is 0 Å². The summed E-state index contributed by atoms with van der Waals surface area (Å²) in [6.45, 7) is 7.60. The lowest BCUT2D eigenvalue weighted by atomic mass is 9.90. The van der Waals surface area contributed by atoms with E-state index in [1.54, 1.807) is 0 Å². The monoisotopic (exact) mass is 280 g/mol. The second-order valence-electron chi connectivity index (χ2n) is 5.84. The van der Waals surface area contributed by atoms with Crippen molar-refractivity contribution in [3.05, 3.63) is 71.3 Å². The van der Waals surface area contributed by atoms with E-state index in [9.17, 15) is 0 Å². The summed E-state index contributed by atoms with van der Waals surface area (Å²) in [6.07, 6.45) is 0. The molecule has 21 heavy (non-hydrogen) atoms. The Balaban J connectivity index is 1.70. The lowest BCUT2D eigenvalue weighted by Crippen LogP contribution is -2.36. The molecule has 1 unspecified atom stereocenters. The Bertz CT molecular complexity index is 565. The van der Waals surface area contributed by atoms with Gasteiger partial charge in [-0.15, -0.1) is 0 Å². The van der Waals surface area contributed by atoms with Gasteiger partial charge in [-0.1, -0.05) is 61.5 Å². The lowest BCUT2D eigenvalue weighted by Gasteiger charge is -2.31. The van der Waals surface area contributed by atoms with Crippen LogP contribution in [0.5, 0.6) is 0 Å². The third-order valence-corrected chi connectivity index (χ3v) is 4.38. The molecule has 3 rings (SSSR count). The molecule has 1 aliphatic heterocycles. The maximum Gasteiger partial charge on any atom is 0.0233 e. The Morgan fingerprint density at radius 1 is 1.05 bits per heavy atom. The number of fused-ring (bicyclic) bond motifs is 1. The maximum absolute atomic E-state index is 3.56. The van der Waals surface area contributed by atoms with Crippen LogP contribution in [0.15, 0.2) is 54.6 Å². The molecular formula is C19H24N2. The molecule has 110 valence electrons. The van der Waals surface area contributed by atoms with E-state index in [0.717, 1.165) is 32.7 Å². The zero-order valence-corrected chi connectivity index (χ0v) is 12.8. The first-order valence-corrected chi connectivity index (χ1v) is 7.91. The highest BCUT2D eigenvalue weighted by Crippen LogP contribution is 2.25. The molecule has 1 atom stereocenters. The van der Waals surface area contributed by atoms with Gasteiger partial charge in [0.25, 0.3) is 0 Å². The van der Waals surface area contributed by atoms with E-state index in [-0.39, 0.29) is 0 Å². The fraction of sp³-hybridized carbons (Fsp3) is 0.368. The van der Waals surface area contributed by atoms with Crippen LogP contribution in [-0.2, 0) is 13.1 Å². The fourth-order valence-corrected chi connectivity index (χ4v) is 3.21. The quantitative estimate of drug-likeness (QED) is 0.903. The van der Waals surface area contributed by atoms with Crippen molar-refractivity contribution in [2.75, 3.05) is 19.6 Å². The van der Waals surface area contributed by atoms with Gasteiger partial charge in [-0.2, -0.15) is 0 Å². The average molecular weight is 280 g/mol. The van der Waals surface area contributed by atoms with Crippen molar-refractivity contribution in [2.24, 2.45) is 0 Å². The van der Waals surface area contributed by atoms with Crippen molar-refractivity contribution >= 4 is 0 Å². The smallest absolute Gasteiger partial charge is 0.0233 e. The second-order valence-corrected chi connectivity index (χ2v) is 5.84. The average Bonchev–Trinajstić information content (AvgIpc) is 2.55. The minimum absolute atomic E-state index is 0.596. The standard InChI is InChI=1S/C19H24N2/c1-2-21(14-16-8-4-3-5-9-16)15-18-13-20-12-17-10-6-7-11-19(17)18/h3-11,18,20H,2,12-15H2,1H3. The molecule has 2 heteroatoms. The van der Waals surface area contributed by atoms with E-state index >= 15 is 0 Å². The summed E-state index contributed by atoms with van der Waals surface area (Å²) >= 11 is 0. The number of nitrogens with one attached hydrogen (secondary N) is 1. The van der Waals surface area contributed by atoms with Crippen LogP contribution in [0.1, 0.15) is 29.5 Å². The molecule has 1 aliphatic rings. The summed E-state index contributed by atoms with van der Waals surface area (Å²) in [5.74, 6) is 0.596. The van der Waals surface area contributed by atoms with E-state index in [4.69, 9.17) is 0 Å². The molecule has 0 aromatic heterocycles. The Morgan fingerprint density at radius 2 is 1.81 bits per heavy atom. The van der Waals surface area contributed by atoms with Crippen molar-refractivity contribution in [2.45, 2.75) is 25.9 Å². The molecule has 0 aliphatic carbocycles. The van der Waals surface area contributed by atoms with Crippen LogP contribution in [-0.4, -0.2) is 24.5 Å². The predicted molar refractivity (Wildman–Crippen MR) is 88.3 cm³/mol. The predicted octanol–water partition coefficient (Wildman–Crippen LogP) is 3.40. The van der Waals surface area contributed by atoms with Gasteiger partial charge in [0.2, 0.25) is 0 Å². The number of likely N-dealkylation sites (N-methyl/N-ethyl adjacent to an activating group) is 1. The third kappa shape index (κ3) is 3.52. The lowest BCUT2D eigenvalue weighted by molar-refractivity contribution is 0.254. The van der Waals surface area contributed by atoms with Crippen molar-refractivity contribution in [1.29, 1.82) is 0 Å². The van der Waals surface area contributed by atoms with Gasteiger partial charge >= 0.3 is 0 Å². The highest BCUT2D eigenvalue weighted by molar-refractivity contribution is 5.33. The first-order valence-electron chi connectivity index (χ1n) is 7.91. The number of benzene rings is 2. The second kappa shape index (κ2) is 6.88. The molecule has 0 spiro atoms. The summed E-state index contributed by atoms with van der Waals surface area (Å²) in [7, 11) is 0. The number of nitrogens with zero attached hydrogens (tertiary/aromatic N) is 1. The van der Waals surface area contributed by atoms with E-state index in [1.807, 2.05) is 0 Å². The third-order valence-electron chi connectivity index (χ3n) is 4.38. The molecule has 0 saturated heterocycles. The first kappa shape index (κ1) is 14.3. The molecule has 0 radical (unpaired) electrons. The minimum atomic E-state index is 0.596. The summed E-state index contributed by atoms with van der Waals surface area (Å²) in [6, 6.07) is 19.6. The Labute approximate surface area is 127 Å². The largest absolute Gasteiger partial charge is 0.312 e. The Kier molecular flexibility index (Phi) is 4.69. The molecule has 1 N–H and O–H groups in total. The van der Waals surface area contributed by atoms with E-state index in [0.29, 0.717) is 5.92 Å². The summed E-state index contributed by atoms with van der Waals surface area (Å²) in [5, 5.41) is 3.56. The maximum atomic E-state index is 3.56. The Morgan fingerprint density at radius 3 is 2.62 bits per heavy atom.